The summed E-state index contributed by atoms with van der Waals surface area (Å²) in [4.78, 5) is 18.6. The number of carbonyl (C=O) groups is 1. The Morgan fingerprint density at radius 2 is 2.17 bits per heavy atom. The van der Waals surface area contributed by atoms with Crippen LogP contribution in [0.3, 0.4) is 0 Å². The summed E-state index contributed by atoms with van der Waals surface area (Å²) in [7, 11) is 0. The van der Waals surface area contributed by atoms with Crippen LogP contribution in [0.15, 0.2) is 65.5 Å². The van der Waals surface area contributed by atoms with Gasteiger partial charge in [0.05, 0.1) is 37.2 Å². The molecule has 150 valence electrons. The first-order chi connectivity index (χ1) is 14.2. The van der Waals surface area contributed by atoms with Gasteiger partial charge in [-0.15, -0.1) is 0 Å². The normalized spacial score (nSPS) is 18.7. The van der Waals surface area contributed by atoms with E-state index < -0.39 is 0 Å². The summed E-state index contributed by atoms with van der Waals surface area (Å²) in [5.41, 5.74) is 1.87. The Hall–Kier alpha value is -3.13. The molecule has 1 aliphatic rings. The molecular weight excluding hydrogens is 388 g/mol. The third-order valence-electron chi connectivity index (χ3n) is 4.88. The summed E-state index contributed by atoms with van der Waals surface area (Å²) in [5.74, 6) is 0.537. The molecule has 0 saturated carbocycles. The zero-order valence-electron chi connectivity index (χ0n) is 16.0. The van der Waals surface area contributed by atoms with Crippen molar-refractivity contribution in [2.45, 2.75) is 25.6 Å². The predicted octanol–water partition coefficient (Wildman–Crippen LogP) is 3.06. The van der Waals surface area contributed by atoms with Crippen LogP contribution in [0.4, 0.5) is 0 Å². The molecule has 4 heterocycles. The minimum absolute atomic E-state index is 0.0691. The van der Waals surface area contributed by atoms with E-state index in [1.165, 1.54) is 0 Å². The molecule has 0 aliphatic carbocycles. The van der Waals surface area contributed by atoms with Gasteiger partial charge in [-0.3, -0.25) is 9.78 Å². The molecule has 0 radical (unpaired) electrons. The van der Waals surface area contributed by atoms with Crippen LogP contribution in [0.2, 0.25) is 0 Å². The second-order valence-electron chi connectivity index (χ2n) is 6.70. The van der Waals surface area contributed by atoms with E-state index in [2.05, 4.69) is 14.9 Å². The maximum Gasteiger partial charge on any atom is 0.325 e. The predicted molar refractivity (Wildman–Crippen MR) is 111 cm³/mol. The van der Waals surface area contributed by atoms with Crippen LogP contribution in [0.1, 0.15) is 36.2 Å². The highest BCUT2D eigenvalue weighted by Crippen LogP contribution is 2.38. The molecule has 4 rings (SSSR count). The molecule has 0 spiro atoms. The summed E-state index contributed by atoms with van der Waals surface area (Å²) in [5, 5.41) is 3.85. The number of pyridine rings is 1. The van der Waals surface area contributed by atoms with Gasteiger partial charge >= 0.3 is 5.97 Å². The van der Waals surface area contributed by atoms with E-state index in [0.717, 1.165) is 17.1 Å². The summed E-state index contributed by atoms with van der Waals surface area (Å²) in [6.07, 6.45) is 5.42. The van der Waals surface area contributed by atoms with Crippen LogP contribution in [0, 0.1) is 0 Å². The van der Waals surface area contributed by atoms with Crippen LogP contribution in [0.25, 0.3) is 0 Å². The van der Waals surface area contributed by atoms with Gasteiger partial charge in [0.15, 0.2) is 5.11 Å². The van der Waals surface area contributed by atoms with Crippen LogP contribution in [0.5, 0.6) is 0 Å². The Balaban J connectivity index is 1.71. The minimum atomic E-state index is -0.313. The van der Waals surface area contributed by atoms with Gasteiger partial charge in [-0.05, 0) is 55.5 Å². The summed E-state index contributed by atoms with van der Waals surface area (Å²) in [6.45, 7) is 2.78. The Kier molecular flexibility index (Phi) is 5.62. The number of furan rings is 1. The fraction of sp³-hybridized carbons (Fsp3) is 0.286. The van der Waals surface area contributed by atoms with E-state index in [-0.39, 0.29) is 24.6 Å². The SMILES string of the molecule is CCOC(=O)CN1C(=S)N[C@H](c2ccccn2)[C@H]1c1cccn1Cc1ccco1. The van der Waals surface area contributed by atoms with Crippen molar-refractivity contribution < 1.29 is 13.9 Å². The Morgan fingerprint density at radius 1 is 1.28 bits per heavy atom. The summed E-state index contributed by atoms with van der Waals surface area (Å²) >= 11 is 5.58. The average Bonchev–Trinajstić information content (AvgIpc) is 3.45. The molecule has 29 heavy (non-hydrogen) atoms. The Morgan fingerprint density at radius 3 is 2.90 bits per heavy atom. The average molecular weight is 410 g/mol. The van der Waals surface area contributed by atoms with E-state index in [9.17, 15) is 4.79 Å². The van der Waals surface area contributed by atoms with Crippen molar-refractivity contribution in [3.05, 3.63) is 78.3 Å². The number of hydrogen-bond acceptors (Lipinski definition) is 5. The third kappa shape index (κ3) is 4.02. The van der Waals surface area contributed by atoms with Gasteiger partial charge < -0.3 is 23.9 Å². The standard InChI is InChI=1S/C21H22N4O3S/c1-2-27-18(26)14-25-20(19(23-21(25)29)16-8-3-4-10-22-16)17-9-5-11-24(17)13-15-7-6-12-28-15/h3-12,19-20H,2,13-14H2,1H3,(H,23,29)/t19-,20-/m1/s1. The van der Waals surface area contributed by atoms with Gasteiger partial charge in [0, 0.05) is 18.1 Å². The number of thiocarbonyl (C=S) groups is 1. The van der Waals surface area contributed by atoms with Crippen molar-refractivity contribution in [2.24, 2.45) is 0 Å². The molecule has 3 aromatic rings. The zero-order valence-corrected chi connectivity index (χ0v) is 16.8. The van der Waals surface area contributed by atoms with Gasteiger partial charge in [0.2, 0.25) is 0 Å². The second kappa shape index (κ2) is 8.48. The molecule has 1 fully saturated rings. The largest absolute Gasteiger partial charge is 0.467 e. The monoisotopic (exact) mass is 410 g/mol. The van der Waals surface area contributed by atoms with Crippen LogP contribution in [-0.4, -0.2) is 38.7 Å². The molecule has 2 atom stereocenters. The maximum atomic E-state index is 12.3. The first kappa shape index (κ1) is 19.2. The van der Waals surface area contributed by atoms with Crippen molar-refractivity contribution in [3.8, 4) is 0 Å². The molecule has 7 nitrogen and oxygen atoms in total. The summed E-state index contributed by atoms with van der Waals surface area (Å²) in [6, 6.07) is 13.2. The van der Waals surface area contributed by atoms with E-state index in [0.29, 0.717) is 18.3 Å². The molecule has 1 saturated heterocycles. The third-order valence-corrected chi connectivity index (χ3v) is 5.23. The molecule has 0 unspecified atom stereocenters. The second-order valence-corrected chi connectivity index (χ2v) is 7.09. The number of rotatable bonds is 7. The van der Waals surface area contributed by atoms with Crippen molar-refractivity contribution in [1.29, 1.82) is 0 Å². The van der Waals surface area contributed by atoms with Gasteiger partial charge in [0.1, 0.15) is 12.3 Å². The molecule has 1 N–H and O–H groups in total. The van der Waals surface area contributed by atoms with Gasteiger partial charge in [0.25, 0.3) is 0 Å². The van der Waals surface area contributed by atoms with Crippen molar-refractivity contribution in [1.82, 2.24) is 19.8 Å². The highest BCUT2D eigenvalue weighted by Gasteiger charge is 2.42. The lowest BCUT2D eigenvalue weighted by Crippen LogP contribution is -2.36. The van der Waals surface area contributed by atoms with Crippen LogP contribution < -0.4 is 5.32 Å². The van der Waals surface area contributed by atoms with E-state index in [1.54, 1.807) is 19.4 Å². The number of esters is 1. The quantitative estimate of drug-likeness (QED) is 0.474. The number of ether oxygens (including phenoxy) is 1. The van der Waals surface area contributed by atoms with Gasteiger partial charge in [-0.2, -0.15) is 0 Å². The maximum absolute atomic E-state index is 12.3. The van der Waals surface area contributed by atoms with E-state index in [4.69, 9.17) is 21.4 Å². The highest BCUT2D eigenvalue weighted by atomic mass is 32.1. The highest BCUT2D eigenvalue weighted by molar-refractivity contribution is 7.80. The lowest BCUT2D eigenvalue weighted by molar-refractivity contribution is -0.143. The van der Waals surface area contributed by atoms with Crippen LogP contribution >= 0.6 is 12.2 Å². The van der Waals surface area contributed by atoms with E-state index >= 15 is 0 Å². The number of carbonyl (C=O) groups excluding carboxylic acids is 1. The molecule has 8 heteroatoms. The Labute approximate surface area is 174 Å². The number of nitrogens with one attached hydrogen (secondary N) is 1. The smallest absolute Gasteiger partial charge is 0.325 e. The fourth-order valence-electron chi connectivity index (χ4n) is 3.65. The molecule has 0 aromatic carbocycles. The molecular formula is C21H22N4O3S. The lowest BCUT2D eigenvalue weighted by atomic mass is 10.0. The van der Waals surface area contributed by atoms with Crippen molar-refractivity contribution in [3.63, 3.8) is 0 Å². The molecule has 0 amide bonds. The first-order valence-corrected chi connectivity index (χ1v) is 9.89. The van der Waals surface area contributed by atoms with Gasteiger partial charge in [-0.25, -0.2) is 0 Å². The molecule has 1 aliphatic heterocycles. The fourth-order valence-corrected chi connectivity index (χ4v) is 3.96. The van der Waals surface area contributed by atoms with Crippen LogP contribution in [-0.2, 0) is 16.1 Å². The summed E-state index contributed by atoms with van der Waals surface area (Å²) < 4.78 is 12.8. The van der Waals surface area contributed by atoms with Crippen molar-refractivity contribution >= 4 is 23.3 Å². The van der Waals surface area contributed by atoms with Gasteiger partial charge in [-0.1, -0.05) is 6.07 Å². The molecule has 3 aromatic heterocycles. The number of aromatic nitrogens is 2. The minimum Gasteiger partial charge on any atom is -0.467 e. The van der Waals surface area contributed by atoms with E-state index in [1.807, 2.05) is 53.6 Å². The zero-order chi connectivity index (χ0) is 20.2. The Bertz CT molecular complexity index is 971. The number of hydrogen-bond donors (Lipinski definition) is 1. The first-order valence-electron chi connectivity index (χ1n) is 9.48. The lowest BCUT2D eigenvalue weighted by Gasteiger charge is -2.28. The number of nitrogens with zero attached hydrogens (tertiary/aromatic N) is 3. The van der Waals surface area contributed by atoms with Crippen molar-refractivity contribution in [2.75, 3.05) is 13.2 Å². The molecule has 0 bridgehead atoms. The topological polar surface area (TPSA) is 72.5 Å².